The Morgan fingerprint density at radius 2 is 2.11 bits per heavy atom. The van der Waals surface area contributed by atoms with Gasteiger partial charge in [0.05, 0.1) is 11.6 Å². The van der Waals surface area contributed by atoms with Gasteiger partial charge in [0.15, 0.2) is 0 Å². The molecule has 0 aromatic heterocycles. The molecule has 0 radical (unpaired) electrons. The molecule has 1 aromatic carbocycles. The van der Waals surface area contributed by atoms with Gasteiger partial charge in [0, 0.05) is 12.1 Å². The van der Waals surface area contributed by atoms with Crippen LogP contribution < -0.4 is 10.1 Å². The zero-order chi connectivity index (χ0) is 18.9. The van der Waals surface area contributed by atoms with Gasteiger partial charge in [0.25, 0.3) is 0 Å². The molecule has 2 N–H and O–H groups in total. The number of allylic oxidation sites excluding steroid dienone is 2. The van der Waals surface area contributed by atoms with Crippen LogP contribution in [0.1, 0.15) is 44.2 Å². The zero-order valence-corrected chi connectivity index (χ0v) is 16.4. The third-order valence-corrected chi connectivity index (χ3v) is 5.73. The number of ether oxygens (including phenoxy) is 1. The van der Waals surface area contributed by atoms with Gasteiger partial charge < -0.3 is 20.1 Å². The number of hydrogen-bond donors (Lipinski definition) is 2. The van der Waals surface area contributed by atoms with Crippen molar-refractivity contribution in [2.24, 2.45) is 0 Å². The number of fused-ring (bicyclic) bond motifs is 2. The van der Waals surface area contributed by atoms with E-state index in [1.807, 2.05) is 32.2 Å². The Morgan fingerprint density at radius 1 is 1.30 bits per heavy atom. The smallest absolute Gasteiger partial charge is 0.127 e. The number of dihydropyridines is 1. The van der Waals surface area contributed by atoms with Crippen molar-refractivity contribution in [1.29, 1.82) is 0 Å². The number of hydrogen-bond acceptors (Lipinski definition) is 4. The maximum Gasteiger partial charge on any atom is 0.127 e. The second-order valence-electron chi connectivity index (χ2n) is 8.24. The van der Waals surface area contributed by atoms with E-state index in [1.165, 1.54) is 37.1 Å². The van der Waals surface area contributed by atoms with Gasteiger partial charge in [0.1, 0.15) is 12.4 Å². The van der Waals surface area contributed by atoms with Gasteiger partial charge in [-0.15, -0.1) is 0 Å². The molecule has 4 nitrogen and oxygen atoms in total. The predicted octanol–water partition coefficient (Wildman–Crippen LogP) is 3.59. The summed E-state index contributed by atoms with van der Waals surface area (Å²) in [6.45, 7) is 7.81. The summed E-state index contributed by atoms with van der Waals surface area (Å²) in [5.41, 5.74) is 3.62. The Bertz CT molecular complexity index is 780. The molecule has 0 amide bonds. The minimum atomic E-state index is -0.875. The molecule has 0 saturated carbocycles. The maximum atomic E-state index is 10.5. The minimum Gasteiger partial charge on any atom is -0.490 e. The summed E-state index contributed by atoms with van der Waals surface area (Å²) in [6.07, 6.45) is 12.3. The van der Waals surface area contributed by atoms with Crippen molar-refractivity contribution in [3.63, 3.8) is 0 Å². The molecule has 1 unspecified atom stereocenters. The standard InChI is InChI=1S/C23H30N2O2/c1-23(2,26)17-9-10-22-20(15-17)18(8-6-14-25-12-3-4-13-25)19-7-5-11-24-21(19)16-27-22/h5,7-11,15,21,24,26H,3-4,6,12-14,16H2,1-2H3/b18-8+. The number of benzene rings is 1. The lowest BCUT2D eigenvalue weighted by atomic mass is 9.88. The molecule has 0 bridgehead atoms. The molecule has 3 aliphatic heterocycles. The highest BCUT2D eigenvalue weighted by Gasteiger charge is 2.28. The van der Waals surface area contributed by atoms with E-state index in [2.05, 4.69) is 34.5 Å². The number of rotatable bonds is 4. The van der Waals surface area contributed by atoms with E-state index in [1.54, 1.807) is 0 Å². The first-order chi connectivity index (χ1) is 13.0. The Balaban J connectivity index is 1.71. The van der Waals surface area contributed by atoms with Crippen molar-refractivity contribution < 1.29 is 9.84 Å². The highest BCUT2D eigenvalue weighted by atomic mass is 16.5. The quantitative estimate of drug-likeness (QED) is 0.855. The number of aliphatic hydroxyl groups is 1. The first-order valence-electron chi connectivity index (χ1n) is 10.1. The van der Waals surface area contributed by atoms with Gasteiger partial charge in [-0.1, -0.05) is 18.2 Å². The summed E-state index contributed by atoms with van der Waals surface area (Å²) in [6, 6.07) is 6.22. The molecule has 27 heavy (non-hydrogen) atoms. The van der Waals surface area contributed by atoms with Crippen LogP contribution in [-0.4, -0.2) is 42.3 Å². The van der Waals surface area contributed by atoms with Crippen LogP contribution in [0, 0.1) is 0 Å². The minimum absolute atomic E-state index is 0.158. The van der Waals surface area contributed by atoms with E-state index in [0.29, 0.717) is 6.61 Å². The van der Waals surface area contributed by atoms with Gasteiger partial charge in [-0.05, 0) is 87.3 Å². The van der Waals surface area contributed by atoms with Gasteiger partial charge in [-0.3, -0.25) is 0 Å². The molecular formula is C23H30N2O2. The van der Waals surface area contributed by atoms with Crippen molar-refractivity contribution in [3.8, 4) is 5.75 Å². The van der Waals surface area contributed by atoms with E-state index < -0.39 is 5.60 Å². The number of nitrogens with zero attached hydrogens (tertiary/aromatic N) is 1. The molecule has 3 aliphatic rings. The molecule has 1 fully saturated rings. The van der Waals surface area contributed by atoms with Crippen LogP contribution >= 0.6 is 0 Å². The highest BCUT2D eigenvalue weighted by molar-refractivity contribution is 5.85. The van der Waals surface area contributed by atoms with Crippen molar-refractivity contribution in [2.45, 2.75) is 44.8 Å². The van der Waals surface area contributed by atoms with Crippen LogP contribution in [0.4, 0.5) is 0 Å². The Labute approximate surface area is 162 Å². The first kappa shape index (κ1) is 18.3. The lowest BCUT2D eigenvalue weighted by Gasteiger charge is -2.23. The molecule has 0 spiro atoms. The molecule has 1 atom stereocenters. The van der Waals surface area contributed by atoms with Gasteiger partial charge in [0.2, 0.25) is 0 Å². The molecular weight excluding hydrogens is 336 g/mol. The van der Waals surface area contributed by atoms with Crippen LogP contribution in [0.3, 0.4) is 0 Å². The molecule has 0 aliphatic carbocycles. The zero-order valence-electron chi connectivity index (χ0n) is 16.4. The van der Waals surface area contributed by atoms with Gasteiger partial charge in [-0.25, -0.2) is 0 Å². The molecule has 1 aromatic rings. The van der Waals surface area contributed by atoms with E-state index in [4.69, 9.17) is 4.74 Å². The Morgan fingerprint density at radius 3 is 2.89 bits per heavy atom. The highest BCUT2D eigenvalue weighted by Crippen LogP contribution is 2.39. The van der Waals surface area contributed by atoms with E-state index in [0.717, 1.165) is 29.8 Å². The topological polar surface area (TPSA) is 44.7 Å². The molecule has 3 heterocycles. The summed E-state index contributed by atoms with van der Waals surface area (Å²) in [5.74, 6) is 0.896. The van der Waals surface area contributed by atoms with Crippen molar-refractivity contribution in [3.05, 3.63) is 59.3 Å². The summed E-state index contributed by atoms with van der Waals surface area (Å²) in [7, 11) is 0. The summed E-state index contributed by atoms with van der Waals surface area (Å²) in [4.78, 5) is 2.54. The lowest BCUT2D eigenvalue weighted by molar-refractivity contribution is 0.0785. The molecule has 1 saturated heterocycles. The molecule has 4 heteroatoms. The summed E-state index contributed by atoms with van der Waals surface area (Å²) in [5, 5.41) is 13.9. The van der Waals surface area contributed by atoms with E-state index >= 15 is 0 Å². The monoisotopic (exact) mass is 366 g/mol. The maximum absolute atomic E-state index is 10.5. The van der Waals surface area contributed by atoms with Crippen molar-refractivity contribution in [1.82, 2.24) is 10.2 Å². The third kappa shape index (κ3) is 3.97. The van der Waals surface area contributed by atoms with Crippen LogP contribution in [0.25, 0.3) is 5.57 Å². The fourth-order valence-corrected chi connectivity index (χ4v) is 4.15. The Kier molecular flexibility index (Phi) is 5.11. The molecule has 144 valence electrons. The first-order valence-corrected chi connectivity index (χ1v) is 10.1. The fraction of sp³-hybridized carbons (Fsp3) is 0.478. The van der Waals surface area contributed by atoms with Crippen LogP contribution in [0.15, 0.2) is 48.2 Å². The molecule has 4 rings (SSSR count). The second kappa shape index (κ2) is 7.53. The van der Waals surface area contributed by atoms with Gasteiger partial charge >= 0.3 is 0 Å². The van der Waals surface area contributed by atoms with Crippen LogP contribution in [0.2, 0.25) is 0 Å². The average molecular weight is 367 g/mol. The average Bonchev–Trinajstić information content (AvgIpc) is 3.11. The van der Waals surface area contributed by atoms with Crippen LogP contribution in [0.5, 0.6) is 5.75 Å². The SMILES string of the molecule is CC(C)(O)c1ccc2c(c1)/C(=C/CCN1CCCC1)C1=CC=CNC1CO2. The largest absolute Gasteiger partial charge is 0.490 e. The normalized spacial score (nSPS) is 23.9. The van der Waals surface area contributed by atoms with Gasteiger partial charge in [-0.2, -0.15) is 0 Å². The number of likely N-dealkylation sites (tertiary alicyclic amines) is 1. The number of nitrogens with one attached hydrogen (secondary N) is 1. The predicted molar refractivity (Wildman–Crippen MR) is 110 cm³/mol. The van der Waals surface area contributed by atoms with E-state index in [9.17, 15) is 5.11 Å². The fourth-order valence-electron chi connectivity index (χ4n) is 4.15. The lowest BCUT2D eigenvalue weighted by Crippen LogP contribution is -2.33. The van der Waals surface area contributed by atoms with Crippen molar-refractivity contribution in [2.75, 3.05) is 26.2 Å². The Hall–Kier alpha value is -2.04. The third-order valence-electron chi connectivity index (χ3n) is 5.73. The van der Waals surface area contributed by atoms with E-state index in [-0.39, 0.29) is 6.04 Å². The summed E-state index contributed by atoms with van der Waals surface area (Å²) >= 11 is 0. The second-order valence-corrected chi connectivity index (χ2v) is 8.24. The summed E-state index contributed by atoms with van der Waals surface area (Å²) < 4.78 is 6.13. The van der Waals surface area contributed by atoms with Crippen molar-refractivity contribution >= 4 is 5.57 Å². The van der Waals surface area contributed by atoms with Crippen LogP contribution in [-0.2, 0) is 5.60 Å².